The molecule has 8 nitrogen and oxygen atoms in total. The van der Waals surface area contributed by atoms with Crippen molar-refractivity contribution in [2.45, 2.75) is 70.5 Å². The molecule has 0 radical (unpaired) electrons. The van der Waals surface area contributed by atoms with E-state index in [0.717, 1.165) is 55.9 Å². The van der Waals surface area contributed by atoms with Gasteiger partial charge in [0.15, 0.2) is 6.61 Å². The summed E-state index contributed by atoms with van der Waals surface area (Å²) in [5.74, 6) is 0.547. The van der Waals surface area contributed by atoms with Crippen LogP contribution in [0.15, 0.2) is 30.3 Å². The molecule has 2 aliphatic heterocycles. The smallest absolute Gasteiger partial charge is 0.270 e. The van der Waals surface area contributed by atoms with Crippen molar-refractivity contribution in [3.63, 3.8) is 0 Å². The minimum Gasteiger partial charge on any atom is -0.482 e. The number of carbonyl (C=O) groups is 2. The highest BCUT2D eigenvalue weighted by atomic mass is 35.5. The minimum atomic E-state index is -0.626. The van der Waals surface area contributed by atoms with Gasteiger partial charge in [0.25, 0.3) is 11.8 Å². The molecule has 39 heavy (non-hydrogen) atoms. The summed E-state index contributed by atoms with van der Waals surface area (Å²) in [6.45, 7) is 2.89. The van der Waals surface area contributed by atoms with Crippen LogP contribution in [0.2, 0.25) is 5.02 Å². The van der Waals surface area contributed by atoms with Crippen LogP contribution in [0.25, 0.3) is 0 Å². The minimum absolute atomic E-state index is 0.198. The van der Waals surface area contributed by atoms with Gasteiger partial charge in [-0.1, -0.05) is 24.6 Å². The number of hydrogen-bond donors (Lipinski definition) is 1. The van der Waals surface area contributed by atoms with E-state index in [2.05, 4.69) is 14.9 Å². The first-order valence-corrected chi connectivity index (χ1v) is 14.1. The standard InChI is InChI=1S/C29H31ClFN5O3/c1-2-21-24(11-10-23(33-21)29(38)32-18-7-8-18)39-16-26(37)36-14-12-22-28(35-13-4-3-5-25(35)34-22)27(36)19-9-6-17(30)15-20(19)31/h6,9-11,15,18,27H,2-5,7-8,12-14,16H2,1H3,(H,32,38). The van der Waals surface area contributed by atoms with E-state index < -0.39 is 11.9 Å². The van der Waals surface area contributed by atoms with Crippen molar-refractivity contribution in [1.82, 2.24) is 24.8 Å². The third-order valence-electron chi connectivity index (χ3n) is 7.70. The molecule has 1 N–H and O–H groups in total. The zero-order valence-electron chi connectivity index (χ0n) is 21.9. The second kappa shape index (κ2) is 10.6. The van der Waals surface area contributed by atoms with E-state index in [9.17, 15) is 9.59 Å². The Morgan fingerprint density at radius 3 is 2.74 bits per heavy atom. The molecule has 2 aromatic heterocycles. The van der Waals surface area contributed by atoms with E-state index in [1.54, 1.807) is 29.2 Å². The van der Waals surface area contributed by atoms with Gasteiger partial charge in [-0.15, -0.1) is 0 Å². The molecule has 10 heteroatoms. The first-order chi connectivity index (χ1) is 18.9. The van der Waals surface area contributed by atoms with E-state index in [1.807, 2.05) is 6.92 Å². The van der Waals surface area contributed by atoms with Crippen LogP contribution in [0.5, 0.6) is 5.75 Å². The monoisotopic (exact) mass is 551 g/mol. The normalized spacial score (nSPS) is 18.3. The van der Waals surface area contributed by atoms with Gasteiger partial charge in [-0.25, -0.2) is 14.4 Å². The van der Waals surface area contributed by atoms with Crippen molar-refractivity contribution < 1.29 is 18.7 Å². The van der Waals surface area contributed by atoms with E-state index in [0.29, 0.717) is 47.1 Å². The van der Waals surface area contributed by atoms with Gasteiger partial charge in [-0.05, 0) is 56.4 Å². The van der Waals surface area contributed by atoms with E-state index in [4.69, 9.17) is 21.3 Å². The quantitative estimate of drug-likeness (QED) is 0.470. The molecule has 1 saturated carbocycles. The number of hydrogen-bond acceptors (Lipinski definition) is 5. The lowest BCUT2D eigenvalue weighted by Gasteiger charge is -2.37. The fourth-order valence-electron chi connectivity index (χ4n) is 5.57. The van der Waals surface area contributed by atoms with Gasteiger partial charge in [0.2, 0.25) is 0 Å². The number of aryl methyl sites for hydroxylation is 2. The zero-order chi connectivity index (χ0) is 27.1. The molecule has 1 unspecified atom stereocenters. The van der Waals surface area contributed by atoms with Crippen LogP contribution < -0.4 is 10.1 Å². The van der Waals surface area contributed by atoms with Gasteiger partial charge in [0, 0.05) is 42.6 Å². The molecule has 1 fully saturated rings. The summed E-state index contributed by atoms with van der Waals surface area (Å²) in [6.07, 6.45) is 6.10. The van der Waals surface area contributed by atoms with Gasteiger partial charge in [0.1, 0.15) is 29.1 Å². The molecule has 2 amide bonds. The first kappa shape index (κ1) is 25.8. The second-order valence-electron chi connectivity index (χ2n) is 10.4. The molecule has 204 valence electrons. The number of carbonyl (C=O) groups excluding carboxylic acids is 2. The van der Waals surface area contributed by atoms with Crippen molar-refractivity contribution in [2.75, 3.05) is 13.2 Å². The molecule has 3 aliphatic rings. The number of pyridine rings is 1. The SMILES string of the molecule is CCc1nc(C(=O)NC2CC2)ccc1OCC(=O)N1CCc2nc3n(c2C1c1ccc(Cl)cc1F)CCCC3. The summed E-state index contributed by atoms with van der Waals surface area (Å²) in [6, 6.07) is 7.53. The van der Waals surface area contributed by atoms with Crippen LogP contribution in [0.4, 0.5) is 4.39 Å². The first-order valence-electron chi connectivity index (χ1n) is 13.7. The Morgan fingerprint density at radius 2 is 1.97 bits per heavy atom. The Labute approximate surface area is 231 Å². The number of ether oxygens (including phenoxy) is 1. The molecule has 1 atom stereocenters. The highest BCUT2D eigenvalue weighted by Crippen LogP contribution is 2.39. The number of nitrogens with one attached hydrogen (secondary N) is 1. The van der Waals surface area contributed by atoms with E-state index in [1.165, 1.54) is 6.07 Å². The number of nitrogens with zero attached hydrogens (tertiary/aromatic N) is 4. The Kier molecular flexibility index (Phi) is 7.01. The van der Waals surface area contributed by atoms with Crippen LogP contribution in [-0.4, -0.2) is 50.4 Å². The fourth-order valence-corrected chi connectivity index (χ4v) is 5.73. The molecule has 1 aromatic carbocycles. The van der Waals surface area contributed by atoms with Crippen molar-refractivity contribution in [2.24, 2.45) is 0 Å². The Balaban J connectivity index is 1.26. The van der Waals surface area contributed by atoms with Gasteiger partial charge in [0.05, 0.1) is 17.1 Å². The lowest BCUT2D eigenvalue weighted by molar-refractivity contribution is -0.135. The van der Waals surface area contributed by atoms with Crippen LogP contribution in [0.3, 0.4) is 0 Å². The molecule has 0 spiro atoms. The van der Waals surface area contributed by atoms with Gasteiger partial charge in [-0.3, -0.25) is 9.59 Å². The predicted octanol–water partition coefficient (Wildman–Crippen LogP) is 4.41. The van der Waals surface area contributed by atoms with Gasteiger partial charge in [-0.2, -0.15) is 0 Å². The van der Waals surface area contributed by atoms with E-state index in [-0.39, 0.29) is 24.5 Å². The molecule has 0 bridgehead atoms. The van der Waals surface area contributed by atoms with Crippen molar-refractivity contribution in [3.05, 3.63) is 75.3 Å². The Hall–Kier alpha value is -3.46. The average Bonchev–Trinajstić information content (AvgIpc) is 3.67. The lowest BCUT2D eigenvalue weighted by Crippen LogP contribution is -2.44. The van der Waals surface area contributed by atoms with E-state index >= 15 is 4.39 Å². The summed E-state index contributed by atoms with van der Waals surface area (Å²) in [5.41, 5.74) is 3.15. The summed E-state index contributed by atoms with van der Waals surface area (Å²) >= 11 is 6.06. The molecular weight excluding hydrogens is 521 g/mol. The highest BCUT2D eigenvalue weighted by Gasteiger charge is 2.38. The second-order valence-corrected chi connectivity index (χ2v) is 10.8. The topological polar surface area (TPSA) is 89.3 Å². The predicted molar refractivity (Wildman–Crippen MR) is 143 cm³/mol. The maximum absolute atomic E-state index is 15.3. The Morgan fingerprint density at radius 1 is 1.13 bits per heavy atom. The van der Waals surface area contributed by atoms with Gasteiger partial charge >= 0.3 is 0 Å². The third-order valence-corrected chi connectivity index (χ3v) is 7.93. The van der Waals surface area contributed by atoms with Crippen LogP contribution in [0, 0.1) is 5.82 Å². The van der Waals surface area contributed by atoms with Crippen LogP contribution in [-0.2, 0) is 30.6 Å². The maximum Gasteiger partial charge on any atom is 0.270 e. The van der Waals surface area contributed by atoms with Gasteiger partial charge < -0.3 is 19.5 Å². The number of amides is 2. The molecule has 1 aliphatic carbocycles. The molecule has 0 saturated heterocycles. The summed E-state index contributed by atoms with van der Waals surface area (Å²) < 4.78 is 23.4. The number of rotatable bonds is 7. The number of fused-ring (bicyclic) bond motifs is 3. The number of aromatic nitrogens is 3. The summed E-state index contributed by atoms with van der Waals surface area (Å²) in [7, 11) is 0. The molecule has 3 aromatic rings. The average molecular weight is 552 g/mol. The molecular formula is C29H31ClFN5O3. The number of benzene rings is 1. The number of halogens is 2. The molecule has 4 heterocycles. The zero-order valence-corrected chi connectivity index (χ0v) is 22.6. The fraction of sp³-hybridized carbons (Fsp3) is 0.448. The van der Waals surface area contributed by atoms with Crippen LogP contribution in [0.1, 0.15) is 77.6 Å². The summed E-state index contributed by atoms with van der Waals surface area (Å²) in [5, 5.41) is 3.24. The highest BCUT2D eigenvalue weighted by molar-refractivity contribution is 6.30. The van der Waals surface area contributed by atoms with Crippen molar-refractivity contribution in [1.29, 1.82) is 0 Å². The summed E-state index contributed by atoms with van der Waals surface area (Å²) in [4.78, 5) is 37.1. The van der Waals surface area contributed by atoms with Crippen molar-refractivity contribution >= 4 is 23.4 Å². The maximum atomic E-state index is 15.3. The molecule has 6 rings (SSSR count). The third kappa shape index (κ3) is 5.12. The largest absolute Gasteiger partial charge is 0.482 e. The van der Waals surface area contributed by atoms with Crippen LogP contribution >= 0.6 is 11.6 Å². The lowest BCUT2D eigenvalue weighted by atomic mass is 9.94. The number of imidazole rings is 1. The Bertz CT molecular complexity index is 1440. The van der Waals surface area contributed by atoms with Crippen molar-refractivity contribution in [3.8, 4) is 5.75 Å².